The summed E-state index contributed by atoms with van der Waals surface area (Å²) in [6, 6.07) is 7.93. The summed E-state index contributed by atoms with van der Waals surface area (Å²) in [5, 5.41) is 9.25. The number of unbranched alkanes of at least 4 members (excludes halogenated alkanes) is 3. The number of hydrogen-bond acceptors (Lipinski definition) is 7. The summed E-state index contributed by atoms with van der Waals surface area (Å²) in [6.07, 6.45) is 11.2. The summed E-state index contributed by atoms with van der Waals surface area (Å²) in [6.45, 7) is 6.84. The van der Waals surface area contributed by atoms with Gasteiger partial charge in [-0.1, -0.05) is 80.8 Å². The smallest absolute Gasteiger partial charge is 0.313 e. The van der Waals surface area contributed by atoms with Crippen LogP contribution in [0.1, 0.15) is 83.8 Å². The predicted octanol–water partition coefficient (Wildman–Crippen LogP) is 4.19. The molecule has 0 radical (unpaired) electrons. The summed E-state index contributed by atoms with van der Waals surface area (Å²) in [5.74, 6) is -3.04. The number of aliphatic hydroxyl groups excluding tert-OH is 1. The largest absolute Gasteiger partial charge is 0.455 e. The number of carbonyl (C=O) groups is 4. The molecule has 0 aromatic heterocycles. The first-order valence-electron chi connectivity index (χ1n) is 17.4. The van der Waals surface area contributed by atoms with Crippen LogP contribution in [0.25, 0.3) is 0 Å². The second kappa shape index (κ2) is 15.2. The molecule has 256 valence electrons. The third kappa shape index (κ3) is 6.77. The highest BCUT2D eigenvalue weighted by molar-refractivity contribution is 5.99. The predicted molar refractivity (Wildman–Crippen MR) is 177 cm³/mol. The summed E-state index contributed by atoms with van der Waals surface area (Å²) >= 11 is 0. The van der Waals surface area contributed by atoms with Crippen molar-refractivity contribution >= 4 is 23.7 Å². The summed E-state index contributed by atoms with van der Waals surface area (Å²) in [7, 11) is 1.72. The number of likely N-dealkylation sites (tertiary alicyclic amines) is 1. The van der Waals surface area contributed by atoms with Crippen molar-refractivity contribution < 1.29 is 33.8 Å². The highest BCUT2D eigenvalue weighted by Crippen LogP contribution is 2.53. The van der Waals surface area contributed by atoms with Crippen LogP contribution in [0.3, 0.4) is 0 Å². The van der Waals surface area contributed by atoms with Crippen molar-refractivity contribution in [3.63, 3.8) is 0 Å². The summed E-state index contributed by atoms with van der Waals surface area (Å²) in [5.41, 5.74) is -0.602. The van der Waals surface area contributed by atoms with E-state index in [9.17, 15) is 24.3 Å². The fourth-order valence-corrected chi connectivity index (χ4v) is 7.86. The Morgan fingerprint density at radius 1 is 1.02 bits per heavy atom. The van der Waals surface area contributed by atoms with Crippen molar-refractivity contribution in [1.29, 1.82) is 0 Å². The Labute approximate surface area is 278 Å². The summed E-state index contributed by atoms with van der Waals surface area (Å²) in [4.78, 5) is 61.9. The molecular weight excluding hydrogens is 598 g/mol. The minimum atomic E-state index is -1.35. The molecule has 2 saturated heterocycles. The van der Waals surface area contributed by atoms with Crippen LogP contribution in [0.4, 0.5) is 0 Å². The van der Waals surface area contributed by atoms with Gasteiger partial charge in [0.25, 0.3) is 0 Å². The Morgan fingerprint density at radius 2 is 1.77 bits per heavy atom. The van der Waals surface area contributed by atoms with Gasteiger partial charge in [-0.05, 0) is 45.1 Å². The molecule has 2 fully saturated rings. The number of amides is 3. The number of likely N-dealkylation sites (N-methyl/N-ethyl adjacent to an activating group) is 1. The lowest BCUT2D eigenvalue weighted by Gasteiger charge is -2.37. The minimum Gasteiger partial charge on any atom is -0.455 e. The highest BCUT2D eigenvalue weighted by atomic mass is 16.6. The van der Waals surface area contributed by atoms with Crippen LogP contribution in [0.2, 0.25) is 0 Å². The quantitative estimate of drug-likeness (QED) is 0.230. The number of allylic oxidation sites excluding steroid dienone is 1. The van der Waals surface area contributed by atoms with Gasteiger partial charge in [-0.15, -0.1) is 0 Å². The lowest BCUT2D eigenvalue weighted by molar-refractivity contribution is -0.164. The molecule has 8 atom stereocenters. The van der Waals surface area contributed by atoms with Crippen molar-refractivity contribution in [1.82, 2.24) is 14.7 Å². The molecule has 0 bridgehead atoms. The van der Waals surface area contributed by atoms with Gasteiger partial charge < -0.3 is 29.3 Å². The normalized spacial score (nSPS) is 32.6. The van der Waals surface area contributed by atoms with Gasteiger partial charge in [-0.25, -0.2) is 0 Å². The zero-order valence-electron chi connectivity index (χ0n) is 28.3. The van der Waals surface area contributed by atoms with Crippen LogP contribution in [-0.4, -0.2) is 100 Å². The highest BCUT2D eigenvalue weighted by Gasteiger charge is 2.71. The van der Waals surface area contributed by atoms with Gasteiger partial charge in [0.05, 0.1) is 18.1 Å². The Kier molecular flexibility index (Phi) is 11.2. The Balaban J connectivity index is 1.56. The molecule has 1 N–H and O–H groups in total. The lowest BCUT2D eigenvalue weighted by Crippen LogP contribution is -2.56. The monoisotopic (exact) mass is 649 g/mol. The summed E-state index contributed by atoms with van der Waals surface area (Å²) < 4.78 is 13.2. The molecule has 1 aromatic carbocycles. The minimum absolute atomic E-state index is 0.0324. The van der Waals surface area contributed by atoms with Gasteiger partial charge in [0.15, 0.2) is 0 Å². The zero-order valence-corrected chi connectivity index (χ0v) is 28.3. The fourth-order valence-electron chi connectivity index (χ4n) is 7.86. The van der Waals surface area contributed by atoms with Crippen molar-refractivity contribution in [3.05, 3.63) is 60.2 Å². The maximum atomic E-state index is 14.6. The SMILES string of the molecule is CCCC(C)N1CC=C[C@@]23O[C@H]4/C=C\CCC(=O)N(C)[C@@H](C)[C@H](c5ccccc5)OC(=O)[C@H]4[C@@H]2C(=O)N(CCCCCCO)[C@H]3C1=O. The maximum Gasteiger partial charge on any atom is 0.313 e. The van der Waals surface area contributed by atoms with Crippen LogP contribution in [0.5, 0.6) is 0 Å². The van der Waals surface area contributed by atoms with Crippen molar-refractivity contribution in [3.8, 4) is 0 Å². The standard InChI is InChI=1S/C37H51N3O7/c1-5-16-25(2)39-23-15-21-37-31(34(43)40(33(37)35(39)44)22-13-6-7-14-24-41)30-28(47-37)19-11-12-20-29(42)38(4)26(3)32(46-36(30)45)27-17-9-8-10-18-27/h8-11,15,17-19,21,25-26,28,30-33,41H,5-7,12-14,16,20,22-24H2,1-4H3/b19-11-/t25?,26-,28-,30+,31+,32+,33-,37+/m0/s1. The zero-order chi connectivity index (χ0) is 33.7. The average Bonchev–Trinajstić information content (AvgIpc) is 3.44. The van der Waals surface area contributed by atoms with E-state index in [-0.39, 0.29) is 36.8 Å². The van der Waals surface area contributed by atoms with Crippen molar-refractivity contribution in [2.45, 2.75) is 108 Å². The van der Waals surface area contributed by atoms with Crippen LogP contribution in [0, 0.1) is 11.8 Å². The molecule has 10 nitrogen and oxygen atoms in total. The number of nitrogens with zero attached hydrogens (tertiary/aromatic N) is 3. The molecule has 0 saturated carbocycles. The van der Waals surface area contributed by atoms with E-state index in [0.717, 1.165) is 31.2 Å². The molecule has 5 rings (SSSR count). The number of cyclic esters (lactones) is 1. The van der Waals surface area contributed by atoms with Gasteiger partial charge in [0.1, 0.15) is 23.7 Å². The molecule has 1 spiro atoms. The van der Waals surface area contributed by atoms with Crippen LogP contribution in [-0.2, 0) is 28.7 Å². The molecule has 1 unspecified atom stereocenters. The van der Waals surface area contributed by atoms with Crippen molar-refractivity contribution in [2.75, 3.05) is 26.7 Å². The Bertz CT molecular complexity index is 1350. The lowest BCUT2D eigenvalue weighted by atomic mass is 9.77. The molecule has 3 amide bonds. The first kappa shape index (κ1) is 34.8. The number of esters is 1. The second-order valence-electron chi connectivity index (χ2n) is 13.5. The van der Waals surface area contributed by atoms with E-state index >= 15 is 0 Å². The first-order valence-corrected chi connectivity index (χ1v) is 17.4. The van der Waals surface area contributed by atoms with Gasteiger partial charge >= 0.3 is 5.97 Å². The van der Waals surface area contributed by atoms with Gasteiger partial charge in [0.2, 0.25) is 17.7 Å². The number of ether oxygens (including phenoxy) is 2. The van der Waals surface area contributed by atoms with E-state index in [1.807, 2.05) is 67.3 Å². The van der Waals surface area contributed by atoms with Crippen LogP contribution >= 0.6 is 0 Å². The Morgan fingerprint density at radius 3 is 2.49 bits per heavy atom. The average molecular weight is 650 g/mol. The number of aliphatic hydroxyl groups is 1. The molecule has 4 aliphatic rings. The van der Waals surface area contributed by atoms with E-state index in [1.165, 1.54) is 0 Å². The maximum absolute atomic E-state index is 14.6. The number of carbonyl (C=O) groups excluding carboxylic acids is 4. The molecule has 0 aliphatic carbocycles. The second-order valence-corrected chi connectivity index (χ2v) is 13.5. The number of hydrogen-bond donors (Lipinski definition) is 1. The Hall–Kier alpha value is -3.50. The molecule has 47 heavy (non-hydrogen) atoms. The van der Waals surface area contributed by atoms with Gasteiger partial charge in [-0.3, -0.25) is 19.2 Å². The van der Waals surface area contributed by atoms with Gasteiger partial charge in [0, 0.05) is 39.2 Å². The van der Waals surface area contributed by atoms with E-state index in [2.05, 4.69) is 6.92 Å². The number of benzene rings is 1. The van der Waals surface area contributed by atoms with Gasteiger partial charge in [-0.2, -0.15) is 0 Å². The van der Waals surface area contributed by atoms with E-state index in [1.54, 1.807) is 22.9 Å². The molecule has 4 heterocycles. The molecular formula is C37H51N3O7. The first-order chi connectivity index (χ1) is 22.7. The number of rotatable bonds is 10. The van der Waals surface area contributed by atoms with E-state index in [0.29, 0.717) is 32.4 Å². The third-order valence-corrected chi connectivity index (χ3v) is 10.5. The van der Waals surface area contributed by atoms with Crippen molar-refractivity contribution in [2.24, 2.45) is 11.8 Å². The molecule has 4 aliphatic heterocycles. The van der Waals surface area contributed by atoms with Crippen LogP contribution < -0.4 is 0 Å². The number of fused-ring (bicyclic) bond motifs is 2. The third-order valence-electron chi connectivity index (χ3n) is 10.5. The molecule has 10 heteroatoms. The van der Waals surface area contributed by atoms with E-state index in [4.69, 9.17) is 9.47 Å². The van der Waals surface area contributed by atoms with E-state index < -0.39 is 47.7 Å². The van der Waals surface area contributed by atoms with Crippen LogP contribution in [0.15, 0.2) is 54.6 Å². The fraction of sp³-hybridized carbons (Fsp3) is 0.622. The molecule has 1 aromatic rings. The topological polar surface area (TPSA) is 117 Å².